The van der Waals surface area contributed by atoms with Crippen molar-refractivity contribution in [2.75, 3.05) is 19.8 Å². The van der Waals surface area contributed by atoms with Crippen molar-refractivity contribution < 1.29 is 14.2 Å². The van der Waals surface area contributed by atoms with Crippen LogP contribution in [0.1, 0.15) is 57.1 Å². The highest BCUT2D eigenvalue weighted by Crippen LogP contribution is 2.37. The van der Waals surface area contributed by atoms with Gasteiger partial charge in [-0.25, -0.2) is 0 Å². The summed E-state index contributed by atoms with van der Waals surface area (Å²) in [6.07, 6.45) is 0.813. The first-order chi connectivity index (χ1) is 17.5. The maximum absolute atomic E-state index is 6.01. The fourth-order valence-corrected chi connectivity index (χ4v) is 5.15. The van der Waals surface area contributed by atoms with Crippen LogP contribution in [0.4, 0.5) is 0 Å². The lowest BCUT2D eigenvalue weighted by atomic mass is 9.88. The van der Waals surface area contributed by atoms with Gasteiger partial charge in [-0.15, -0.1) is 0 Å². The predicted octanol–water partition coefficient (Wildman–Crippen LogP) is 8.66. The monoisotopic (exact) mass is 480 g/mol. The summed E-state index contributed by atoms with van der Waals surface area (Å²) in [4.78, 5) is 0. The van der Waals surface area contributed by atoms with Gasteiger partial charge in [-0.05, 0) is 74.8 Å². The van der Waals surface area contributed by atoms with Crippen LogP contribution in [-0.2, 0) is 9.47 Å². The average Bonchev–Trinajstić information content (AvgIpc) is 2.91. The van der Waals surface area contributed by atoms with Gasteiger partial charge >= 0.3 is 0 Å². The van der Waals surface area contributed by atoms with Crippen molar-refractivity contribution in [2.45, 2.75) is 52.2 Å². The van der Waals surface area contributed by atoms with Crippen molar-refractivity contribution in [1.82, 2.24) is 0 Å². The van der Waals surface area contributed by atoms with Gasteiger partial charge in [0.05, 0.1) is 19.8 Å². The van der Waals surface area contributed by atoms with Crippen LogP contribution in [-0.4, -0.2) is 26.1 Å². The van der Waals surface area contributed by atoms with Gasteiger partial charge in [0.15, 0.2) is 6.29 Å². The summed E-state index contributed by atoms with van der Waals surface area (Å²) in [5.74, 6) is 1.68. The molecule has 36 heavy (non-hydrogen) atoms. The predicted molar refractivity (Wildman–Crippen MR) is 151 cm³/mol. The molecule has 3 heteroatoms. The molecule has 3 atom stereocenters. The van der Waals surface area contributed by atoms with Crippen LogP contribution in [0.5, 0.6) is 5.75 Å². The second-order valence-electron chi connectivity index (χ2n) is 9.92. The molecule has 0 aliphatic rings. The highest BCUT2D eigenvalue weighted by molar-refractivity contribution is 6.23. The fourth-order valence-electron chi connectivity index (χ4n) is 5.15. The summed E-state index contributed by atoms with van der Waals surface area (Å²) in [7, 11) is 0. The normalized spacial score (nSPS) is 14.4. The molecule has 5 rings (SSSR count). The Hall–Kier alpha value is -3.14. The van der Waals surface area contributed by atoms with E-state index in [4.69, 9.17) is 14.2 Å². The zero-order chi connectivity index (χ0) is 25.1. The first kappa shape index (κ1) is 24.5. The van der Waals surface area contributed by atoms with E-state index in [0.29, 0.717) is 25.7 Å². The molecule has 3 nitrogen and oxygen atoms in total. The Morgan fingerprint density at radius 3 is 2.06 bits per heavy atom. The van der Waals surface area contributed by atoms with E-state index < -0.39 is 0 Å². The standard InChI is InChI=1S/C33H36O3/c1-5-22(2)25-11-15-29(16-12-25)36-24(4)35-20-19-34-21-23(3)30-17-13-28-10-9-26-7-6-8-27-14-18-31(30)33(28)32(26)27/h6-18,22-24H,5,19-21H2,1-4H3. The maximum Gasteiger partial charge on any atom is 0.197 e. The Bertz CT molecular complexity index is 1410. The van der Waals surface area contributed by atoms with Crippen LogP contribution in [0, 0.1) is 0 Å². The third kappa shape index (κ3) is 5.04. The largest absolute Gasteiger partial charge is 0.465 e. The molecule has 0 heterocycles. The Labute approximate surface area is 214 Å². The third-order valence-electron chi connectivity index (χ3n) is 7.40. The SMILES string of the molecule is CCC(C)c1ccc(OC(C)OCCOCC(C)c2ccc3ccc4cccc5ccc2c3c45)cc1. The van der Waals surface area contributed by atoms with E-state index in [1.165, 1.54) is 43.4 Å². The van der Waals surface area contributed by atoms with Crippen LogP contribution in [0.15, 0.2) is 78.9 Å². The summed E-state index contributed by atoms with van der Waals surface area (Å²) in [5.41, 5.74) is 2.67. The van der Waals surface area contributed by atoms with Crippen molar-refractivity contribution in [2.24, 2.45) is 0 Å². The van der Waals surface area contributed by atoms with Crippen molar-refractivity contribution >= 4 is 32.3 Å². The molecular weight excluding hydrogens is 444 g/mol. The summed E-state index contributed by atoms with van der Waals surface area (Å²) in [6.45, 7) is 10.3. The number of benzene rings is 5. The quantitative estimate of drug-likeness (QED) is 0.108. The number of hydrogen-bond donors (Lipinski definition) is 0. The van der Waals surface area contributed by atoms with Crippen LogP contribution < -0.4 is 4.74 Å². The van der Waals surface area contributed by atoms with Gasteiger partial charge in [0.2, 0.25) is 0 Å². The fraction of sp³-hybridized carbons (Fsp3) is 0.333. The molecule has 5 aromatic rings. The molecule has 3 unspecified atom stereocenters. The van der Waals surface area contributed by atoms with E-state index >= 15 is 0 Å². The Morgan fingerprint density at radius 1 is 0.667 bits per heavy atom. The van der Waals surface area contributed by atoms with E-state index in [2.05, 4.69) is 87.5 Å². The van der Waals surface area contributed by atoms with Gasteiger partial charge in [0.25, 0.3) is 0 Å². The summed E-state index contributed by atoms with van der Waals surface area (Å²) in [5, 5.41) is 7.94. The lowest BCUT2D eigenvalue weighted by Crippen LogP contribution is -2.19. The molecule has 186 valence electrons. The van der Waals surface area contributed by atoms with Crippen molar-refractivity contribution in [3.63, 3.8) is 0 Å². The van der Waals surface area contributed by atoms with Gasteiger partial charge in [0.1, 0.15) is 5.75 Å². The molecule has 0 saturated heterocycles. The first-order valence-electron chi connectivity index (χ1n) is 13.2. The van der Waals surface area contributed by atoms with E-state index in [9.17, 15) is 0 Å². The molecule has 5 aromatic carbocycles. The van der Waals surface area contributed by atoms with Gasteiger partial charge in [-0.2, -0.15) is 0 Å². The van der Waals surface area contributed by atoms with E-state index in [0.717, 1.165) is 12.2 Å². The Morgan fingerprint density at radius 2 is 1.33 bits per heavy atom. The van der Waals surface area contributed by atoms with Gasteiger partial charge in [0, 0.05) is 5.92 Å². The zero-order valence-electron chi connectivity index (χ0n) is 21.8. The molecule has 0 aliphatic carbocycles. The lowest BCUT2D eigenvalue weighted by Gasteiger charge is -2.19. The molecule has 0 N–H and O–H groups in total. The molecule has 0 spiro atoms. The zero-order valence-corrected chi connectivity index (χ0v) is 21.8. The van der Waals surface area contributed by atoms with Crippen LogP contribution in [0.2, 0.25) is 0 Å². The summed E-state index contributed by atoms with van der Waals surface area (Å²) in [6, 6.07) is 28.3. The number of rotatable bonds is 11. The minimum absolute atomic E-state index is 0.285. The van der Waals surface area contributed by atoms with Crippen molar-refractivity contribution in [3.8, 4) is 5.75 Å². The first-order valence-corrected chi connectivity index (χ1v) is 13.2. The molecule has 0 fully saturated rings. The topological polar surface area (TPSA) is 27.7 Å². The number of ether oxygens (including phenoxy) is 3. The minimum Gasteiger partial charge on any atom is -0.465 e. The number of hydrogen-bond acceptors (Lipinski definition) is 3. The molecule has 0 amide bonds. The summed E-state index contributed by atoms with van der Waals surface area (Å²) >= 11 is 0. The average molecular weight is 481 g/mol. The molecule has 0 aliphatic heterocycles. The van der Waals surface area contributed by atoms with Gasteiger partial charge in [-0.3, -0.25) is 0 Å². The van der Waals surface area contributed by atoms with Crippen molar-refractivity contribution in [3.05, 3.63) is 90.0 Å². The van der Waals surface area contributed by atoms with E-state index in [1.807, 2.05) is 19.1 Å². The molecular formula is C33H36O3. The Kier molecular flexibility index (Phi) is 7.41. The van der Waals surface area contributed by atoms with E-state index in [1.54, 1.807) is 0 Å². The minimum atomic E-state index is -0.321. The highest BCUT2D eigenvalue weighted by Gasteiger charge is 2.15. The van der Waals surface area contributed by atoms with Crippen LogP contribution in [0.25, 0.3) is 32.3 Å². The second-order valence-corrected chi connectivity index (χ2v) is 9.92. The molecule has 0 saturated carbocycles. The van der Waals surface area contributed by atoms with Crippen molar-refractivity contribution in [1.29, 1.82) is 0 Å². The molecule has 0 aromatic heterocycles. The van der Waals surface area contributed by atoms with E-state index in [-0.39, 0.29) is 12.2 Å². The molecule has 0 bridgehead atoms. The third-order valence-corrected chi connectivity index (χ3v) is 7.40. The van der Waals surface area contributed by atoms with Crippen LogP contribution >= 0.6 is 0 Å². The maximum atomic E-state index is 6.01. The highest BCUT2D eigenvalue weighted by atomic mass is 16.7. The lowest BCUT2D eigenvalue weighted by molar-refractivity contribution is -0.0839. The molecule has 0 radical (unpaired) electrons. The Balaban J connectivity index is 1.15. The van der Waals surface area contributed by atoms with Gasteiger partial charge < -0.3 is 14.2 Å². The second kappa shape index (κ2) is 10.9. The van der Waals surface area contributed by atoms with Gasteiger partial charge in [-0.1, -0.05) is 87.5 Å². The van der Waals surface area contributed by atoms with Crippen LogP contribution in [0.3, 0.4) is 0 Å². The smallest absolute Gasteiger partial charge is 0.197 e. The summed E-state index contributed by atoms with van der Waals surface area (Å²) < 4.78 is 17.8.